The zero-order chi connectivity index (χ0) is 13.2. The maximum absolute atomic E-state index is 11.0. The van der Waals surface area contributed by atoms with Crippen molar-refractivity contribution < 1.29 is 4.79 Å². The summed E-state index contributed by atoms with van der Waals surface area (Å²) in [6.07, 6.45) is 2.25. The minimum Gasteiger partial charge on any atom is -0.317 e. The first kappa shape index (κ1) is 12.5. The summed E-state index contributed by atoms with van der Waals surface area (Å²) in [7, 11) is 0. The van der Waals surface area contributed by atoms with Gasteiger partial charge in [0, 0.05) is 18.5 Å². The van der Waals surface area contributed by atoms with Crippen LogP contribution in [-0.2, 0) is 4.79 Å². The second-order valence-electron chi connectivity index (χ2n) is 4.78. The fraction of sp³-hybridized carbons (Fsp3) is 0.462. The molecule has 100 valence electrons. The normalized spacial score (nSPS) is 16.7. The summed E-state index contributed by atoms with van der Waals surface area (Å²) < 4.78 is 1.02. The van der Waals surface area contributed by atoms with Crippen LogP contribution in [0.5, 0.6) is 0 Å². The maximum Gasteiger partial charge on any atom is 0.223 e. The van der Waals surface area contributed by atoms with E-state index in [0.717, 1.165) is 42.0 Å². The number of aromatic nitrogens is 2. The van der Waals surface area contributed by atoms with Gasteiger partial charge in [-0.05, 0) is 38.1 Å². The molecule has 5 nitrogen and oxygen atoms in total. The number of rotatable bonds is 2. The molecule has 2 N–H and O–H groups in total. The Kier molecular flexibility index (Phi) is 3.44. The van der Waals surface area contributed by atoms with E-state index in [0.29, 0.717) is 11.0 Å². The van der Waals surface area contributed by atoms with E-state index in [1.165, 1.54) is 18.3 Å². The Morgan fingerprint density at radius 2 is 2.16 bits per heavy atom. The summed E-state index contributed by atoms with van der Waals surface area (Å²) in [4.78, 5) is 20.0. The number of amides is 1. The van der Waals surface area contributed by atoms with Gasteiger partial charge in [0.1, 0.15) is 0 Å². The molecule has 19 heavy (non-hydrogen) atoms. The van der Waals surface area contributed by atoms with Crippen LogP contribution in [0.4, 0.5) is 5.13 Å². The molecule has 0 atom stereocenters. The Balaban J connectivity index is 1.89. The van der Waals surface area contributed by atoms with Crippen molar-refractivity contribution in [2.75, 3.05) is 18.4 Å². The maximum atomic E-state index is 11.0. The van der Waals surface area contributed by atoms with Gasteiger partial charge in [-0.25, -0.2) is 4.98 Å². The third-order valence-corrected chi connectivity index (χ3v) is 4.24. The number of piperidine rings is 1. The minimum absolute atomic E-state index is 0.0994. The molecule has 0 saturated carbocycles. The summed E-state index contributed by atoms with van der Waals surface area (Å²) >= 11 is 1.46. The van der Waals surface area contributed by atoms with Gasteiger partial charge >= 0.3 is 0 Å². The van der Waals surface area contributed by atoms with E-state index in [2.05, 4.69) is 32.7 Å². The van der Waals surface area contributed by atoms with Gasteiger partial charge in [-0.2, -0.15) is 4.98 Å². The van der Waals surface area contributed by atoms with E-state index < -0.39 is 0 Å². The number of nitrogens with zero attached hydrogens (tertiary/aromatic N) is 2. The molecule has 1 amide bonds. The molecule has 0 radical (unpaired) electrons. The van der Waals surface area contributed by atoms with Gasteiger partial charge in [-0.1, -0.05) is 11.3 Å². The second-order valence-corrected chi connectivity index (χ2v) is 5.81. The van der Waals surface area contributed by atoms with Crippen LogP contribution < -0.4 is 10.6 Å². The van der Waals surface area contributed by atoms with Crippen LogP contribution in [0, 0.1) is 0 Å². The highest BCUT2D eigenvalue weighted by Crippen LogP contribution is 2.29. The lowest BCUT2D eigenvalue weighted by molar-refractivity contribution is -0.114. The molecule has 0 aromatic carbocycles. The third-order valence-electron chi connectivity index (χ3n) is 3.32. The molecular weight excluding hydrogens is 260 g/mol. The van der Waals surface area contributed by atoms with Crippen LogP contribution in [0.15, 0.2) is 12.1 Å². The number of carbonyl (C=O) groups is 1. The van der Waals surface area contributed by atoms with E-state index in [1.54, 1.807) is 0 Å². The van der Waals surface area contributed by atoms with Crippen molar-refractivity contribution in [3.63, 3.8) is 0 Å². The number of pyridine rings is 1. The van der Waals surface area contributed by atoms with Crippen molar-refractivity contribution in [3.05, 3.63) is 17.8 Å². The molecular formula is C13H16N4OS. The van der Waals surface area contributed by atoms with Crippen LogP contribution in [0.25, 0.3) is 10.3 Å². The Labute approximate surface area is 115 Å². The molecule has 0 unspecified atom stereocenters. The Morgan fingerprint density at radius 1 is 1.37 bits per heavy atom. The van der Waals surface area contributed by atoms with Gasteiger partial charge in [0.05, 0.1) is 4.70 Å². The summed E-state index contributed by atoms with van der Waals surface area (Å²) in [6, 6.07) is 4.15. The van der Waals surface area contributed by atoms with E-state index in [-0.39, 0.29) is 5.91 Å². The second kappa shape index (κ2) is 5.22. The number of nitrogens with one attached hydrogen (secondary N) is 2. The predicted molar refractivity (Wildman–Crippen MR) is 76.6 cm³/mol. The van der Waals surface area contributed by atoms with Gasteiger partial charge in [-0.3, -0.25) is 4.79 Å². The number of hydrogen-bond acceptors (Lipinski definition) is 5. The first-order chi connectivity index (χ1) is 9.22. The third kappa shape index (κ3) is 2.74. The number of hydrogen-bond donors (Lipinski definition) is 2. The largest absolute Gasteiger partial charge is 0.317 e. The highest BCUT2D eigenvalue weighted by atomic mass is 32.1. The molecule has 1 saturated heterocycles. The highest BCUT2D eigenvalue weighted by molar-refractivity contribution is 7.22. The topological polar surface area (TPSA) is 66.9 Å². The van der Waals surface area contributed by atoms with Gasteiger partial charge in [0.2, 0.25) is 5.91 Å². The first-order valence-corrected chi connectivity index (χ1v) is 7.30. The smallest absolute Gasteiger partial charge is 0.223 e. The van der Waals surface area contributed by atoms with Crippen molar-refractivity contribution in [1.29, 1.82) is 0 Å². The molecule has 1 aliphatic heterocycles. The number of carbonyl (C=O) groups excluding carboxylic acids is 1. The fourth-order valence-electron chi connectivity index (χ4n) is 2.38. The highest BCUT2D eigenvalue weighted by Gasteiger charge is 2.17. The van der Waals surface area contributed by atoms with Gasteiger partial charge in [-0.15, -0.1) is 0 Å². The standard InChI is InChI=1S/C13H16N4OS/c1-8(18)15-13-17-12-11(19-13)3-2-10(16-12)9-4-6-14-7-5-9/h2-3,9,14H,4-7H2,1H3,(H,15,16,17,18). The molecule has 6 heteroatoms. The lowest BCUT2D eigenvalue weighted by Crippen LogP contribution is -2.27. The molecule has 1 fully saturated rings. The van der Waals surface area contributed by atoms with Crippen molar-refractivity contribution >= 4 is 32.7 Å². The first-order valence-electron chi connectivity index (χ1n) is 6.48. The average Bonchev–Trinajstić information content (AvgIpc) is 2.79. The Bertz CT molecular complexity index is 604. The van der Waals surface area contributed by atoms with E-state index >= 15 is 0 Å². The van der Waals surface area contributed by atoms with Gasteiger partial charge in [0.25, 0.3) is 0 Å². The summed E-state index contributed by atoms with van der Waals surface area (Å²) in [6.45, 7) is 3.59. The van der Waals surface area contributed by atoms with Crippen molar-refractivity contribution in [3.8, 4) is 0 Å². The van der Waals surface area contributed by atoms with Crippen molar-refractivity contribution in [2.24, 2.45) is 0 Å². The van der Waals surface area contributed by atoms with Gasteiger partial charge in [0.15, 0.2) is 10.8 Å². The molecule has 2 aromatic rings. The van der Waals surface area contributed by atoms with Crippen LogP contribution in [0.3, 0.4) is 0 Å². The number of anilines is 1. The number of fused-ring (bicyclic) bond motifs is 1. The lowest BCUT2D eigenvalue weighted by atomic mass is 9.94. The zero-order valence-electron chi connectivity index (χ0n) is 10.8. The van der Waals surface area contributed by atoms with Crippen molar-refractivity contribution in [2.45, 2.75) is 25.7 Å². The van der Waals surface area contributed by atoms with Crippen LogP contribution >= 0.6 is 11.3 Å². The van der Waals surface area contributed by atoms with Gasteiger partial charge < -0.3 is 10.6 Å². The van der Waals surface area contributed by atoms with Crippen LogP contribution in [0.2, 0.25) is 0 Å². The predicted octanol–water partition coefficient (Wildman–Crippen LogP) is 2.12. The molecule has 3 rings (SSSR count). The quantitative estimate of drug-likeness (QED) is 0.881. The van der Waals surface area contributed by atoms with Crippen LogP contribution in [0.1, 0.15) is 31.4 Å². The minimum atomic E-state index is -0.0994. The molecule has 2 aromatic heterocycles. The van der Waals surface area contributed by atoms with E-state index in [1.807, 2.05) is 0 Å². The molecule has 0 aliphatic carbocycles. The molecule has 0 spiro atoms. The molecule has 1 aliphatic rings. The molecule has 0 bridgehead atoms. The van der Waals surface area contributed by atoms with E-state index in [9.17, 15) is 4.79 Å². The van der Waals surface area contributed by atoms with Crippen molar-refractivity contribution in [1.82, 2.24) is 15.3 Å². The molecule has 3 heterocycles. The lowest BCUT2D eigenvalue weighted by Gasteiger charge is -2.21. The van der Waals surface area contributed by atoms with Crippen LogP contribution in [-0.4, -0.2) is 29.0 Å². The Morgan fingerprint density at radius 3 is 2.89 bits per heavy atom. The number of thiazole rings is 1. The SMILES string of the molecule is CC(=O)Nc1nc2nc(C3CCNCC3)ccc2s1. The fourth-order valence-corrected chi connectivity index (χ4v) is 3.24. The zero-order valence-corrected chi connectivity index (χ0v) is 11.6. The Hall–Kier alpha value is -1.53. The average molecular weight is 276 g/mol. The summed E-state index contributed by atoms with van der Waals surface area (Å²) in [5.74, 6) is 0.425. The summed E-state index contributed by atoms with van der Waals surface area (Å²) in [5.41, 5.74) is 1.86. The van der Waals surface area contributed by atoms with E-state index in [4.69, 9.17) is 0 Å². The summed E-state index contributed by atoms with van der Waals surface area (Å²) in [5, 5.41) is 6.69. The monoisotopic (exact) mass is 276 g/mol.